The topological polar surface area (TPSA) is 47.8 Å². The van der Waals surface area contributed by atoms with Crippen LogP contribution in [0, 0.1) is 0 Å². The average Bonchev–Trinajstić information content (AvgIpc) is 3.12. The first-order chi connectivity index (χ1) is 13.7. The molecule has 28 heavy (non-hydrogen) atoms. The van der Waals surface area contributed by atoms with Gasteiger partial charge in [0.05, 0.1) is 16.6 Å². The van der Waals surface area contributed by atoms with Crippen LogP contribution in [0.1, 0.15) is 55.4 Å². The third-order valence-electron chi connectivity index (χ3n) is 5.90. The van der Waals surface area contributed by atoms with Crippen LogP contribution in [0.3, 0.4) is 0 Å². The first-order valence-electron chi connectivity index (χ1n) is 10.1. The molecule has 1 aliphatic rings. The van der Waals surface area contributed by atoms with E-state index in [0.717, 1.165) is 38.9 Å². The number of aromatic nitrogens is 3. The van der Waals surface area contributed by atoms with E-state index < -0.39 is 0 Å². The van der Waals surface area contributed by atoms with Gasteiger partial charge in [-0.25, -0.2) is 4.98 Å². The van der Waals surface area contributed by atoms with E-state index >= 15 is 0 Å². The molecule has 0 spiro atoms. The molecule has 4 heteroatoms. The summed E-state index contributed by atoms with van der Waals surface area (Å²) in [6.07, 6.45) is 8.02. The van der Waals surface area contributed by atoms with Crippen LogP contribution in [0.15, 0.2) is 54.7 Å². The summed E-state index contributed by atoms with van der Waals surface area (Å²) in [6.45, 7) is 1.61. The van der Waals surface area contributed by atoms with Crippen LogP contribution in [0.25, 0.3) is 33.3 Å². The van der Waals surface area contributed by atoms with Crippen LogP contribution in [0.2, 0.25) is 0 Å². The van der Waals surface area contributed by atoms with Gasteiger partial charge in [-0.3, -0.25) is 9.78 Å². The molecule has 1 saturated carbocycles. The van der Waals surface area contributed by atoms with Crippen molar-refractivity contribution in [1.29, 1.82) is 0 Å². The molecular weight excluding hydrogens is 346 g/mol. The number of fused-ring (bicyclic) bond motifs is 2. The van der Waals surface area contributed by atoms with Crippen LogP contribution in [-0.2, 0) is 0 Å². The zero-order chi connectivity index (χ0) is 19.1. The fraction of sp³-hybridized carbons (Fsp3) is 0.292. The van der Waals surface area contributed by atoms with E-state index in [1.165, 1.54) is 32.1 Å². The van der Waals surface area contributed by atoms with Crippen LogP contribution in [0.4, 0.5) is 0 Å². The van der Waals surface area contributed by atoms with E-state index in [4.69, 9.17) is 4.98 Å². The largest absolute Gasteiger partial charge is 0.321 e. The second-order valence-electron chi connectivity index (χ2n) is 7.77. The number of carbonyl (C=O) groups is 1. The number of hydrogen-bond acceptors (Lipinski definition) is 3. The van der Waals surface area contributed by atoms with Gasteiger partial charge < -0.3 is 4.57 Å². The molecule has 2 aromatic heterocycles. The first-order valence-corrected chi connectivity index (χ1v) is 10.1. The van der Waals surface area contributed by atoms with Crippen molar-refractivity contribution in [3.63, 3.8) is 0 Å². The Bertz CT molecular complexity index is 1190. The van der Waals surface area contributed by atoms with Crippen molar-refractivity contribution in [2.75, 3.05) is 0 Å². The minimum atomic E-state index is 0.0763. The first kappa shape index (κ1) is 17.1. The van der Waals surface area contributed by atoms with Gasteiger partial charge in [0.15, 0.2) is 5.78 Å². The molecule has 0 atom stereocenters. The Morgan fingerprint density at radius 2 is 1.86 bits per heavy atom. The molecule has 0 saturated heterocycles. The summed E-state index contributed by atoms with van der Waals surface area (Å²) in [5.74, 6) is 1.07. The van der Waals surface area contributed by atoms with Crippen molar-refractivity contribution in [2.45, 2.75) is 45.1 Å². The Kier molecular flexibility index (Phi) is 4.19. The fourth-order valence-electron chi connectivity index (χ4n) is 4.44. The molecule has 5 rings (SSSR count). The summed E-state index contributed by atoms with van der Waals surface area (Å²) in [7, 11) is 0. The zero-order valence-corrected chi connectivity index (χ0v) is 16.1. The van der Waals surface area contributed by atoms with E-state index in [1.54, 1.807) is 6.92 Å². The predicted molar refractivity (Wildman–Crippen MR) is 113 cm³/mol. The lowest BCUT2D eigenvalue weighted by atomic mass is 9.94. The highest BCUT2D eigenvalue weighted by Gasteiger charge is 2.23. The number of benzene rings is 2. The quantitative estimate of drug-likeness (QED) is 0.419. The van der Waals surface area contributed by atoms with Crippen LogP contribution < -0.4 is 0 Å². The van der Waals surface area contributed by atoms with E-state index in [1.807, 2.05) is 24.4 Å². The maximum Gasteiger partial charge on any atom is 0.159 e. The summed E-state index contributed by atoms with van der Waals surface area (Å²) < 4.78 is 2.41. The Hall–Kier alpha value is -3.01. The third-order valence-corrected chi connectivity index (χ3v) is 5.90. The number of pyridine rings is 1. The third kappa shape index (κ3) is 2.89. The standard InChI is InChI=1S/C24H23N3O/c1-16(28)17-10-12-23-22(15-17)26-24(27(23)20-7-3-2-4-8-20)19-9-11-21-18(14-19)6-5-13-25-21/h5-6,9-15,20H,2-4,7-8H2,1H3. The normalized spacial score (nSPS) is 15.3. The maximum absolute atomic E-state index is 11.9. The smallest absolute Gasteiger partial charge is 0.159 e. The molecule has 0 bridgehead atoms. The van der Waals surface area contributed by atoms with Gasteiger partial charge in [0.1, 0.15) is 5.82 Å². The minimum absolute atomic E-state index is 0.0763. The number of rotatable bonds is 3. The summed E-state index contributed by atoms with van der Waals surface area (Å²) in [6, 6.07) is 16.8. The molecular formula is C24H23N3O. The number of Topliss-reactive ketones (excluding diaryl/α,β-unsaturated/α-hetero) is 1. The second kappa shape index (κ2) is 6.86. The fourth-order valence-corrected chi connectivity index (χ4v) is 4.44. The number of carbonyl (C=O) groups excluding carboxylic acids is 1. The van der Waals surface area contributed by atoms with Gasteiger partial charge in [-0.1, -0.05) is 25.3 Å². The molecule has 4 nitrogen and oxygen atoms in total. The van der Waals surface area contributed by atoms with Crippen molar-refractivity contribution in [3.05, 3.63) is 60.3 Å². The van der Waals surface area contributed by atoms with Crippen LogP contribution in [-0.4, -0.2) is 20.3 Å². The predicted octanol–water partition coefficient (Wildman–Crippen LogP) is 5.96. The number of imidazole rings is 1. The number of nitrogens with zero attached hydrogens (tertiary/aromatic N) is 3. The number of hydrogen-bond donors (Lipinski definition) is 0. The van der Waals surface area contributed by atoms with Gasteiger partial charge in [0.25, 0.3) is 0 Å². The highest BCUT2D eigenvalue weighted by molar-refractivity contribution is 5.98. The summed E-state index contributed by atoms with van der Waals surface area (Å²) in [4.78, 5) is 21.3. The molecule has 1 fully saturated rings. The van der Waals surface area contributed by atoms with Crippen LogP contribution in [0.5, 0.6) is 0 Å². The Morgan fingerprint density at radius 3 is 2.68 bits per heavy atom. The molecule has 2 aromatic carbocycles. The van der Waals surface area contributed by atoms with Crippen molar-refractivity contribution >= 4 is 27.7 Å². The van der Waals surface area contributed by atoms with Crippen molar-refractivity contribution in [1.82, 2.24) is 14.5 Å². The number of ketones is 1. The SMILES string of the molecule is CC(=O)c1ccc2c(c1)nc(-c1ccc3ncccc3c1)n2C1CCCCC1. The molecule has 4 aromatic rings. The van der Waals surface area contributed by atoms with Gasteiger partial charge in [-0.2, -0.15) is 0 Å². The molecule has 1 aliphatic carbocycles. The van der Waals surface area contributed by atoms with E-state index in [9.17, 15) is 4.79 Å². The molecule has 0 unspecified atom stereocenters. The lowest BCUT2D eigenvalue weighted by molar-refractivity contribution is 0.101. The van der Waals surface area contributed by atoms with Gasteiger partial charge in [-0.15, -0.1) is 0 Å². The Balaban J connectivity index is 1.73. The Labute approximate surface area is 164 Å². The molecule has 0 aliphatic heterocycles. The monoisotopic (exact) mass is 369 g/mol. The summed E-state index contributed by atoms with van der Waals surface area (Å²) in [5, 5.41) is 1.12. The van der Waals surface area contributed by atoms with E-state index in [-0.39, 0.29) is 5.78 Å². The van der Waals surface area contributed by atoms with Crippen molar-refractivity contribution in [2.24, 2.45) is 0 Å². The lowest BCUT2D eigenvalue weighted by Gasteiger charge is -2.25. The highest BCUT2D eigenvalue weighted by Crippen LogP contribution is 2.36. The van der Waals surface area contributed by atoms with Crippen molar-refractivity contribution < 1.29 is 4.79 Å². The molecule has 140 valence electrons. The minimum Gasteiger partial charge on any atom is -0.321 e. The molecule has 2 heterocycles. The summed E-state index contributed by atoms with van der Waals surface area (Å²) >= 11 is 0. The van der Waals surface area contributed by atoms with Gasteiger partial charge in [0, 0.05) is 28.8 Å². The maximum atomic E-state index is 11.9. The molecule has 0 amide bonds. The molecule has 0 radical (unpaired) electrons. The highest BCUT2D eigenvalue weighted by atomic mass is 16.1. The molecule has 0 N–H and O–H groups in total. The van der Waals surface area contributed by atoms with Crippen molar-refractivity contribution in [3.8, 4) is 11.4 Å². The van der Waals surface area contributed by atoms with E-state index in [0.29, 0.717) is 6.04 Å². The average molecular weight is 369 g/mol. The second-order valence-corrected chi connectivity index (χ2v) is 7.77. The van der Waals surface area contributed by atoms with Gasteiger partial charge in [-0.05, 0) is 62.2 Å². The summed E-state index contributed by atoms with van der Waals surface area (Å²) in [5.41, 5.74) is 4.84. The van der Waals surface area contributed by atoms with Gasteiger partial charge in [0.2, 0.25) is 0 Å². The van der Waals surface area contributed by atoms with Gasteiger partial charge >= 0.3 is 0 Å². The van der Waals surface area contributed by atoms with E-state index in [2.05, 4.69) is 39.9 Å². The lowest BCUT2D eigenvalue weighted by Crippen LogP contribution is -2.14. The zero-order valence-electron chi connectivity index (χ0n) is 16.1. The van der Waals surface area contributed by atoms with Crippen LogP contribution >= 0.6 is 0 Å². The Morgan fingerprint density at radius 1 is 1.00 bits per heavy atom.